The van der Waals surface area contributed by atoms with Crippen molar-refractivity contribution in [2.75, 3.05) is 12.5 Å². The van der Waals surface area contributed by atoms with Crippen molar-refractivity contribution in [2.45, 2.75) is 6.61 Å². The van der Waals surface area contributed by atoms with E-state index in [0.717, 1.165) is 22.0 Å². The van der Waals surface area contributed by atoms with E-state index < -0.39 is 0 Å². The van der Waals surface area contributed by atoms with E-state index in [1.165, 1.54) is 4.70 Å². The number of nitrogens with zero attached hydrogens (tertiary/aromatic N) is 2. The van der Waals surface area contributed by atoms with Gasteiger partial charge in [-0.3, -0.25) is 0 Å². The van der Waals surface area contributed by atoms with Crippen LogP contribution < -0.4 is 4.74 Å². The van der Waals surface area contributed by atoms with Gasteiger partial charge in [0.05, 0.1) is 15.9 Å². The monoisotopic (exact) mass is 316 g/mol. The molecule has 0 saturated heterocycles. The number of thiazole rings is 1. The van der Waals surface area contributed by atoms with Gasteiger partial charge >= 0.3 is 0 Å². The first-order valence-corrected chi connectivity index (χ1v) is 9.39. The summed E-state index contributed by atoms with van der Waals surface area (Å²) in [5, 5.41) is 0.994. The molecule has 0 unspecified atom stereocenters. The highest BCUT2D eigenvalue weighted by Crippen LogP contribution is 2.24. The fraction of sp³-hybridized carbons (Fsp3) is 0.188. The molecule has 0 saturated carbocycles. The Balaban J connectivity index is 1.68. The van der Waals surface area contributed by atoms with E-state index in [-0.39, 0.29) is 10.7 Å². The molecular weight excluding hydrogens is 300 g/mol. The van der Waals surface area contributed by atoms with Crippen LogP contribution in [0.1, 0.15) is 5.01 Å². The number of benzene rings is 2. The molecule has 0 aliphatic rings. The summed E-state index contributed by atoms with van der Waals surface area (Å²) in [4.78, 5) is 4.56. The van der Waals surface area contributed by atoms with Crippen LogP contribution in [-0.4, -0.2) is 17.5 Å². The Hall–Kier alpha value is -1.72. The minimum atomic E-state index is 0.0602. The van der Waals surface area contributed by atoms with Crippen LogP contribution in [-0.2, 0) is 17.3 Å². The summed E-state index contributed by atoms with van der Waals surface area (Å²) in [5.74, 6) is 0.847. The third kappa shape index (κ3) is 3.68. The van der Waals surface area contributed by atoms with Crippen molar-refractivity contribution in [3.05, 3.63) is 53.5 Å². The minimum Gasteiger partial charge on any atom is -0.486 e. The van der Waals surface area contributed by atoms with Crippen LogP contribution in [0.2, 0.25) is 0 Å². The fourth-order valence-corrected chi connectivity index (χ4v) is 3.36. The third-order valence-electron chi connectivity index (χ3n) is 2.83. The SMILES string of the molecule is CS(C)=Nc1ccc(OCc2nc3ccccc3s2)cc1. The molecule has 3 aromatic rings. The van der Waals surface area contributed by atoms with Crippen LogP contribution in [0.25, 0.3) is 10.2 Å². The molecule has 3 nitrogen and oxygen atoms in total. The van der Waals surface area contributed by atoms with Gasteiger partial charge in [-0.15, -0.1) is 22.0 Å². The lowest BCUT2D eigenvalue weighted by Crippen LogP contribution is -1.94. The van der Waals surface area contributed by atoms with Gasteiger partial charge in [0.1, 0.15) is 17.4 Å². The second-order valence-corrected chi connectivity index (χ2v) is 7.57. The lowest BCUT2D eigenvalue weighted by Gasteiger charge is -2.04. The van der Waals surface area contributed by atoms with Gasteiger partial charge in [-0.1, -0.05) is 12.1 Å². The molecule has 0 aliphatic carbocycles. The number of fused-ring (bicyclic) bond motifs is 1. The lowest BCUT2D eigenvalue weighted by atomic mass is 10.3. The van der Waals surface area contributed by atoms with Gasteiger partial charge < -0.3 is 4.74 Å². The van der Waals surface area contributed by atoms with Crippen molar-refractivity contribution < 1.29 is 4.74 Å². The Bertz CT molecular complexity index is 741. The maximum Gasteiger partial charge on any atom is 0.140 e. The molecule has 5 heteroatoms. The minimum absolute atomic E-state index is 0.0602. The summed E-state index contributed by atoms with van der Waals surface area (Å²) in [5.41, 5.74) is 2.03. The largest absolute Gasteiger partial charge is 0.486 e. The first kappa shape index (κ1) is 14.2. The number of ether oxygens (including phenoxy) is 1. The molecule has 0 amide bonds. The molecule has 0 atom stereocenters. The van der Waals surface area contributed by atoms with E-state index >= 15 is 0 Å². The lowest BCUT2D eigenvalue weighted by molar-refractivity contribution is 0.306. The first-order valence-electron chi connectivity index (χ1n) is 6.57. The molecule has 0 aliphatic heterocycles. The van der Waals surface area contributed by atoms with Gasteiger partial charge in [-0.2, -0.15) is 0 Å². The molecule has 1 aromatic heterocycles. The van der Waals surface area contributed by atoms with Gasteiger partial charge in [0.2, 0.25) is 0 Å². The molecule has 0 N–H and O–H groups in total. The van der Waals surface area contributed by atoms with Crippen LogP contribution in [0, 0.1) is 0 Å². The average molecular weight is 316 g/mol. The number of hydrogen-bond acceptors (Lipinski definition) is 4. The highest BCUT2D eigenvalue weighted by molar-refractivity contribution is 7.85. The van der Waals surface area contributed by atoms with Crippen molar-refractivity contribution in [2.24, 2.45) is 4.36 Å². The van der Waals surface area contributed by atoms with Crippen LogP contribution in [0.3, 0.4) is 0 Å². The van der Waals surface area contributed by atoms with Crippen LogP contribution in [0.4, 0.5) is 5.69 Å². The average Bonchev–Trinajstić information content (AvgIpc) is 2.89. The molecule has 108 valence electrons. The molecule has 0 radical (unpaired) electrons. The summed E-state index contributed by atoms with van der Waals surface area (Å²) in [6, 6.07) is 16.0. The summed E-state index contributed by atoms with van der Waals surface area (Å²) in [7, 11) is 0.0602. The van der Waals surface area contributed by atoms with Crippen molar-refractivity contribution in [3.63, 3.8) is 0 Å². The van der Waals surface area contributed by atoms with Crippen molar-refractivity contribution in [3.8, 4) is 5.75 Å². The van der Waals surface area contributed by atoms with Gasteiger partial charge in [-0.05, 0) is 48.9 Å². The Labute approximate surface area is 130 Å². The number of aromatic nitrogens is 1. The third-order valence-corrected chi connectivity index (χ3v) is 4.41. The van der Waals surface area contributed by atoms with Crippen LogP contribution in [0.15, 0.2) is 52.9 Å². The molecule has 21 heavy (non-hydrogen) atoms. The van der Waals surface area contributed by atoms with E-state index in [0.29, 0.717) is 6.61 Å². The molecule has 3 rings (SSSR count). The second kappa shape index (κ2) is 6.37. The zero-order valence-corrected chi connectivity index (χ0v) is 13.6. The Morgan fingerprint density at radius 1 is 1.10 bits per heavy atom. The van der Waals surface area contributed by atoms with Gasteiger partial charge in [0, 0.05) is 0 Å². The van der Waals surface area contributed by atoms with E-state index in [2.05, 4.69) is 27.9 Å². The highest BCUT2D eigenvalue weighted by Gasteiger charge is 2.04. The Morgan fingerprint density at radius 3 is 2.57 bits per heavy atom. The molecule has 0 fully saturated rings. The normalized spacial score (nSPS) is 11.0. The predicted molar refractivity (Wildman–Crippen MR) is 91.7 cm³/mol. The summed E-state index contributed by atoms with van der Waals surface area (Å²) in [6.45, 7) is 0.502. The zero-order chi connectivity index (χ0) is 14.7. The van der Waals surface area contributed by atoms with Crippen LogP contribution in [0.5, 0.6) is 5.75 Å². The standard InChI is InChI=1S/C16H16N2OS2/c1-21(2)18-12-7-9-13(10-8-12)19-11-16-17-14-5-3-4-6-15(14)20-16/h3-10H,11H2,1-2H3. The fourth-order valence-electron chi connectivity index (χ4n) is 1.94. The van der Waals surface area contributed by atoms with E-state index in [1.807, 2.05) is 42.5 Å². The van der Waals surface area contributed by atoms with Crippen molar-refractivity contribution in [1.82, 2.24) is 4.98 Å². The molecule has 1 heterocycles. The zero-order valence-electron chi connectivity index (χ0n) is 11.9. The Morgan fingerprint density at radius 2 is 1.86 bits per heavy atom. The predicted octanol–water partition coefficient (Wildman–Crippen LogP) is 4.57. The maximum absolute atomic E-state index is 5.79. The smallest absolute Gasteiger partial charge is 0.140 e. The Kier molecular flexibility index (Phi) is 4.31. The number of hydrogen-bond donors (Lipinski definition) is 0. The summed E-state index contributed by atoms with van der Waals surface area (Å²) in [6.07, 6.45) is 4.19. The molecule has 0 spiro atoms. The van der Waals surface area contributed by atoms with E-state index in [9.17, 15) is 0 Å². The van der Waals surface area contributed by atoms with Crippen molar-refractivity contribution in [1.29, 1.82) is 0 Å². The van der Waals surface area contributed by atoms with Crippen molar-refractivity contribution >= 4 is 37.9 Å². The molecule has 0 bridgehead atoms. The summed E-state index contributed by atoms with van der Waals surface area (Å²) >= 11 is 1.67. The first-order chi connectivity index (χ1) is 10.2. The van der Waals surface area contributed by atoms with Gasteiger partial charge in [0.15, 0.2) is 0 Å². The van der Waals surface area contributed by atoms with E-state index in [4.69, 9.17) is 4.74 Å². The summed E-state index contributed by atoms with van der Waals surface area (Å²) < 4.78 is 11.5. The topological polar surface area (TPSA) is 34.5 Å². The number of para-hydroxylation sites is 1. The highest BCUT2D eigenvalue weighted by atomic mass is 32.2. The second-order valence-electron chi connectivity index (χ2n) is 4.72. The maximum atomic E-state index is 5.79. The quantitative estimate of drug-likeness (QED) is 0.706. The molecular formula is C16H16N2OS2. The van der Waals surface area contributed by atoms with E-state index in [1.54, 1.807) is 11.3 Å². The van der Waals surface area contributed by atoms with Crippen LogP contribution >= 0.6 is 11.3 Å². The number of rotatable bonds is 4. The molecule has 2 aromatic carbocycles. The van der Waals surface area contributed by atoms with Gasteiger partial charge in [0.25, 0.3) is 0 Å². The van der Waals surface area contributed by atoms with Gasteiger partial charge in [-0.25, -0.2) is 9.35 Å².